The molecule has 40 valence electrons. The van der Waals surface area contributed by atoms with E-state index in [1.807, 2.05) is 29.9 Å². The molecule has 0 radical (unpaired) electrons. The molecule has 1 heterocycles. The van der Waals surface area contributed by atoms with E-state index in [-0.39, 0.29) is 0 Å². The van der Waals surface area contributed by atoms with Crippen LogP contribution < -0.4 is 0 Å². The molecule has 0 saturated carbocycles. The Bertz CT molecular complexity index is 116. The van der Waals surface area contributed by atoms with Gasteiger partial charge in [0.2, 0.25) is 0 Å². The van der Waals surface area contributed by atoms with Gasteiger partial charge in [-0.25, -0.2) is 0 Å². The molecule has 0 amide bonds. The third-order valence-corrected chi connectivity index (χ3v) is 0.684. The predicted molar refractivity (Wildman–Crippen MR) is 30.1 cm³/mol. The van der Waals surface area contributed by atoms with Gasteiger partial charge in [-0.3, -0.25) is 0 Å². The summed E-state index contributed by atoms with van der Waals surface area (Å²) in [5.41, 5.74) is 0. The Morgan fingerprint density at radius 2 is 2.25 bits per heavy atom. The Morgan fingerprint density at radius 3 is 2.38 bits per heavy atom. The molecular formula is C5H6ClNZn. The molecular weight excluding hydrogens is 175 g/mol. The van der Waals surface area contributed by atoms with E-state index in [9.17, 15) is 0 Å². The average Bonchev–Trinajstić information content (AvgIpc) is 2.24. The van der Waals surface area contributed by atoms with Gasteiger partial charge in [-0.1, -0.05) is 0 Å². The number of rotatable bonds is 0. The van der Waals surface area contributed by atoms with E-state index in [1.54, 1.807) is 0 Å². The van der Waals surface area contributed by atoms with Gasteiger partial charge >= 0.3 is 27.0 Å². The van der Waals surface area contributed by atoms with Crippen molar-refractivity contribution in [2.75, 3.05) is 0 Å². The van der Waals surface area contributed by atoms with Crippen LogP contribution in [0.3, 0.4) is 0 Å². The van der Waals surface area contributed by atoms with Crippen LogP contribution in [-0.4, -0.2) is 4.57 Å². The van der Waals surface area contributed by atoms with Gasteiger partial charge in [0, 0.05) is 0 Å². The first-order chi connectivity index (χ1) is 3.89. The molecule has 3 heteroatoms. The van der Waals surface area contributed by atoms with Crippen LogP contribution in [0.5, 0.6) is 0 Å². The van der Waals surface area contributed by atoms with E-state index < -0.39 is 0 Å². The van der Waals surface area contributed by atoms with E-state index in [4.69, 9.17) is 9.69 Å². The minimum atomic E-state index is 0.847. The molecule has 1 aromatic heterocycles. The molecule has 0 bridgehead atoms. The van der Waals surface area contributed by atoms with Gasteiger partial charge in [0.05, 0.1) is 0 Å². The standard InChI is InChI=1S/C5H6N.ClH.Zn/c1-6-4-2-3-5-6;;/h2-4H,1H3;1H;/q-1;;+2/p-1. The van der Waals surface area contributed by atoms with E-state index in [2.05, 4.69) is 6.20 Å². The van der Waals surface area contributed by atoms with Crippen LogP contribution in [0.25, 0.3) is 0 Å². The summed E-state index contributed by atoms with van der Waals surface area (Å²) in [6.45, 7) is 0. The number of hydrogen-bond donors (Lipinski definition) is 0. The fraction of sp³-hybridized carbons (Fsp3) is 0.200. The number of nitrogens with zero attached hydrogens (tertiary/aromatic N) is 1. The first kappa shape index (κ1) is 8.19. The summed E-state index contributed by atoms with van der Waals surface area (Å²) < 4.78 is 1.88. The Kier molecular flexibility index (Phi) is 5.46. The van der Waals surface area contributed by atoms with Gasteiger partial charge in [0.1, 0.15) is 0 Å². The topological polar surface area (TPSA) is 4.93 Å². The van der Waals surface area contributed by atoms with Crippen molar-refractivity contribution < 1.29 is 17.3 Å². The number of halogens is 1. The number of hydrogen-bond acceptors (Lipinski definition) is 0. The van der Waals surface area contributed by atoms with Crippen molar-refractivity contribution in [3.63, 3.8) is 0 Å². The van der Waals surface area contributed by atoms with Gasteiger partial charge in [0.25, 0.3) is 0 Å². The predicted octanol–water partition coefficient (Wildman–Crippen LogP) is 1.51. The Labute approximate surface area is 63.4 Å². The summed E-state index contributed by atoms with van der Waals surface area (Å²) in [6, 6.07) is 3.82. The first-order valence-electron chi connectivity index (χ1n) is 2.15. The molecule has 0 aliphatic heterocycles. The molecule has 0 atom stereocenters. The zero-order valence-corrected chi connectivity index (χ0v) is 8.49. The molecule has 0 aliphatic carbocycles. The van der Waals surface area contributed by atoms with Crippen LogP contribution in [0.4, 0.5) is 0 Å². The van der Waals surface area contributed by atoms with Crippen LogP contribution in [0.1, 0.15) is 0 Å². The molecule has 0 aliphatic rings. The van der Waals surface area contributed by atoms with Crippen molar-refractivity contribution >= 4 is 9.69 Å². The molecule has 1 aromatic rings. The summed E-state index contributed by atoms with van der Waals surface area (Å²) in [5, 5.41) is 0. The summed E-state index contributed by atoms with van der Waals surface area (Å²) in [7, 11) is 6.71. The summed E-state index contributed by atoms with van der Waals surface area (Å²) >= 11 is 0.847. The molecule has 1 nitrogen and oxygen atoms in total. The summed E-state index contributed by atoms with van der Waals surface area (Å²) in [5.74, 6) is 0. The molecule has 1 rings (SSSR count). The molecule has 0 unspecified atom stereocenters. The quantitative estimate of drug-likeness (QED) is 0.422. The van der Waals surface area contributed by atoms with Gasteiger partial charge < -0.3 is 4.57 Å². The van der Waals surface area contributed by atoms with Gasteiger partial charge in [0.15, 0.2) is 0 Å². The maximum atomic E-state index is 4.76. The van der Waals surface area contributed by atoms with Crippen molar-refractivity contribution in [3.8, 4) is 0 Å². The minimum absolute atomic E-state index is 0.847. The second-order valence-corrected chi connectivity index (χ2v) is 1.25. The van der Waals surface area contributed by atoms with Crippen molar-refractivity contribution in [1.29, 1.82) is 0 Å². The molecule has 0 N–H and O–H groups in total. The fourth-order valence-corrected chi connectivity index (χ4v) is 0.376. The Morgan fingerprint density at radius 1 is 1.62 bits per heavy atom. The third-order valence-electron chi connectivity index (χ3n) is 0.684. The van der Waals surface area contributed by atoms with Gasteiger partial charge in [-0.05, 0) is 7.05 Å². The van der Waals surface area contributed by atoms with Crippen LogP contribution in [0.15, 0.2) is 18.3 Å². The Balaban J connectivity index is 0.000000222. The summed E-state index contributed by atoms with van der Waals surface area (Å²) in [6.07, 6.45) is 4.86. The number of aromatic nitrogens is 1. The van der Waals surface area contributed by atoms with Crippen LogP contribution >= 0.6 is 9.69 Å². The van der Waals surface area contributed by atoms with Crippen LogP contribution in [-0.2, 0) is 24.4 Å². The van der Waals surface area contributed by atoms with Crippen molar-refractivity contribution in [2.45, 2.75) is 0 Å². The zero-order valence-electron chi connectivity index (χ0n) is 4.76. The normalized spacial score (nSPS) is 7.50. The third kappa shape index (κ3) is 3.23. The van der Waals surface area contributed by atoms with Crippen molar-refractivity contribution in [2.24, 2.45) is 7.05 Å². The van der Waals surface area contributed by atoms with E-state index in [1.165, 1.54) is 0 Å². The van der Waals surface area contributed by atoms with E-state index in [0.29, 0.717) is 0 Å². The van der Waals surface area contributed by atoms with Gasteiger partial charge in [-0.2, -0.15) is 12.1 Å². The summed E-state index contributed by atoms with van der Waals surface area (Å²) in [4.78, 5) is 0. The second kappa shape index (κ2) is 5.33. The monoisotopic (exact) mass is 179 g/mol. The Hall–Kier alpha value is 0.193. The molecule has 0 spiro atoms. The number of aryl methyl sites for hydroxylation is 1. The van der Waals surface area contributed by atoms with Crippen molar-refractivity contribution in [3.05, 3.63) is 24.5 Å². The maximum absolute atomic E-state index is 4.76. The van der Waals surface area contributed by atoms with E-state index in [0.717, 1.165) is 17.3 Å². The SMILES string of the molecule is Cn1[c-]ccc1.[Cl][Zn+]. The van der Waals surface area contributed by atoms with Crippen molar-refractivity contribution in [1.82, 2.24) is 4.57 Å². The molecule has 8 heavy (non-hydrogen) atoms. The zero-order chi connectivity index (χ0) is 6.41. The molecule has 0 fully saturated rings. The second-order valence-electron chi connectivity index (χ2n) is 1.25. The van der Waals surface area contributed by atoms with Crippen LogP contribution in [0.2, 0.25) is 0 Å². The first-order valence-corrected chi connectivity index (χ1v) is 6.05. The average molecular weight is 181 g/mol. The van der Waals surface area contributed by atoms with E-state index >= 15 is 0 Å². The molecule has 0 saturated heterocycles. The molecule has 0 aromatic carbocycles. The fourth-order valence-electron chi connectivity index (χ4n) is 0.376. The van der Waals surface area contributed by atoms with Gasteiger partial charge in [-0.15, -0.1) is 12.4 Å². The van der Waals surface area contributed by atoms with Crippen LogP contribution in [0, 0.1) is 6.20 Å².